The van der Waals surface area contributed by atoms with E-state index in [4.69, 9.17) is 50.5 Å². The standard InChI is InChI=1S/C14H11Cl3N2O2/c15-10-5-12(17)13(6-11(10)16)21-7-8-3-1-2-4-9(8)14(18)19-20/h1-6,20H,7H2,(H2,18,19). The number of nitrogens with two attached hydrogens (primary N) is 1. The number of nitrogens with zero attached hydrogens (tertiary/aromatic N) is 1. The second kappa shape index (κ2) is 6.89. The number of rotatable bonds is 4. The third-order valence-electron chi connectivity index (χ3n) is 2.76. The monoisotopic (exact) mass is 344 g/mol. The van der Waals surface area contributed by atoms with Crippen molar-refractivity contribution < 1.29 is 9.94 Å². The fraction of sp³-hybridized carbons (Fsp3) is 0.0714. The molecule has 0 saturated carbocycles. The summed E-state index contributed by atoms with van der Waals surface area (Å²) in [4.78, 5) is 0. The van der Waals surface area contributed by atoms with Crippen LogP contribution in [0.5, 0.6) is 5.75 Å². The molecule has 0 amide bonds. The Bertz CT molecular complexity index is 690. The lowest BCUT2D eigenvalue weighted by atomic mass is 10.1. The van der Waals surface area contributed by atoms with Crippen LogP contribution in [0.3, 0.4) is 0 Å². The smallest absolute Gasteiger partial charge is 0.170 e. The zero-order chi connectivity index (χ0) is 15.4. The molecule has 21 heavy (non-hydrogen) atoms. The van der Waals surface area contributed by atoms with Gasteiger partial charge in [0.15, 0.2) is 5.84 Å². The van der Waals surface area contributed by atoms with E-state index in [0.717, 1.165) is 5.56 Å². The Balaban J connectivity index is 2.23. The van der Waals surface area contributed by atoms with Gasteiger partial charge in [-0.1, -0.05) is 64.2 Å². The summed E-state index contributed by atoms with van der Waals surface area (Å²) in [6.45, 7) is 0.185. The number of hydrogen-bond donors (Lipinski definition) is 2. The molecular formula is C14H11Cl3N2O2. The van der Waals surface area contributed by atoms with Crippen LogP contribution in [0.1, 0.15) is 11.1 Å². The van der Waals surface area contributed by atoms with Crippen LogP contribution in [-0.2, 0) is 6.61 Å². The van der Waals surface area contributed by atoms with E-state index < -0.39 is 0 Å². The average molecular weight is 346 g/mol. The fourth-order valence-electron chi connectivity index (χ4n) is 1.72. The molecule has 2 aromatic carbocycles. The molecule has 2 rings (SSSR count). The Morgan fingerprint density at radius 3 is 2.48 bits per heavy atom. The van der Waals surface area contributed by atoms with Gasteiger partial charge in [0.1, 0.15) is 12.4 Å². The third-order valence-corrected chi connectivity index (χ3v) is 3.78. The molecule has 0 aliphatic carbocycles. The summed E-state index contributed by atoms with van der Waals surface area (Å²) < 4.78 is 5.63. The van der Waals surface area contributed by atoms with Crippen LogP contribution < -0.4 is 10.5 Å². The highest BCUT2D eigenvalue weighted by atomic mass is 35.5. The largest absolute Gasteiger partial charge is 0.487 e. The quantitative estimate of drug-likeness (QED) is 0.285. The molecule has 0 saturated heterocycles. The molecule has 110 valence electrons. The molecule has 4 nitrogen and oxygen atoms in total. The molecule has 0 bridgehead atoms. The van der Waals surface area contributed by atoms with Crippen LogP contribution in [0.2, 0.25) is 15.1 Å². The zero-order valence-electron chi connectivity index (χ0n) is 10.7. The van der Waals surface area contributed by atoms with E-state index in [1.807, 2.05) is 6.07 Å². The summed E-state index contributed by atoms with van der Waals surface area (Å²) in [5.74, 6) is 0.412. The Hall–Kier alpha value is -1.62. The maximum absolute atomic E-state index is 8.78. The summed E-state index contributed by atoms with van der Waals surface area (Å²) >= 11 is 17.8. The lowest BCUT2D eigenvalue weighted by Gasteiger charge is -2.12. The SMILES string of the molecule is N/C(=N\O)c1ccccc1COc1cc(Cl)c(Cl)cc1Cl. The molecule has 0 atom stereocenters. The minimum absolute atomic E-state index is 0.00874. The summed E-state index contributed by atoms with van der Waals surface area (Å²) in [5, 5.41) is 12.8. The minimum atomic E-state index is 0.00874. The van der Waals surface area contributed by atoms with Gasteiger partial charge < -0.3 is 15.7 Å². The van der Waals surface area contributed by atoms with Crippen LogP contribution in [0.4, 0.5) is 0 Å². The van der Waals surface area contributed by atoms with Crippen molar-refractivity contribution in [2.75, 3.05) is 0 Å². The molecule has 0 aliphatic heterocycles. The first kappa shape index (κ1) is 15.8. The Morgan fingerprint density at radius 2 is 1.76 bits per heavy atom. The van der Waals surface area contributed by atoms with Gasteiger partial charge in [-0.25, -0.2) is 0 Å². The highest BCUT2D eigenvalue weighted by Crippen LogP contribution is 2.34. The first-order chi connectivity index (χ1) is 10.0. The van der Waals surface area contributed by atoms with Crippen molar-refractivity contribution in [1.29, 1.82) is 0 Å². The van der Waals surface area contributed by atoms with Gasteiger partial charge in [-0.2, -0.15) is 0 Å². The number of ether oxygens (including phenoxy) is 1. The lowest BCUT2D eigenvalue weighted by Crippen LogP contribution is -2.16. The topological polar surface area (TPSA) is 67.8 Å². The van der Waals surface area contributed by atoms with Crippen LogP contribution in [0, 0.1) is 0 Å². The Labute approximate surface area is 136 Å². The average Bonchev–Trinajstić information content (AvgIpc) is 2.49. The van der Waals surface area contributed by atoms with Gasteiger partial charge in [-0.05, 0) is 6.07 Å². The van der Waals surface area contributed by atoms with Gasteiger partial charge in [-0.15, -0.1) is 0 Å². The minimum Gasteiger partial charge on any atom is -0.487 e. The van der Waals surface area contributed by atoms with E-state index >= 15 is 0 Å². The second-order valence-electron chi connectivity index (χ2n) is 4.13. The van der Waals surface area contributed by atoms with Gasteiger partial charge >= 0.3 is 0 Å². The van der Waals surface area contributed by atoms with Crippen molar-refractivity contribution in [2.45, 2.75) is 6.61 Å². The van der Waals surface area contributed by atoms with E-state index in [1.165, 1.54) is 6.07 Å². The van der Waals surface area contributed by atoms with Crippen molar-refractivity contribution in [1.82, 2.24) is 0 Å². The van der Waals surface area contributed by atoms with E-state index in [2.05, 4.69) is 5.16 Å². The van der Waals surface area contributed by atoms with Crippen LogP contribution in [0.25, 0.3) is 0 Å². The van der Waals surface area contributed by atoms with Gasteiger partial charge in [0.25, 0.3) is 0 Å². The summed E-state index contributed by atoms with van der Waals surface area (Å²) in [6, 6.07) is 10.2. The molecule has 0 aliphatic rings. The summed E-state index contributed by atoms with van der Waals surface area (Å²) in [6.07, 6.45) is 0. The fourth-order valence-corrected chi connectivity index (χ4v) is 2.31. The van der Waals surface area contributed by atoms with Crippen molar-refractivity contribution in [3.8, 4) is 5.75 Å². The van der Waals surface area contributed by atoms with Crippen LogP contribution >= 0.6 is 34.8 Å². The molecule has 2 aromatic rings. The molecule has 0 aromatic heterocycles. The Kier molecular flexibility index (Phi) is 5.17. The van der Waals surface area contributed by atoms with E-state index in [9.17, 15) is 0 Å². The van der Waals surface area contributed by atoms with Gasteiger partial charge in [0, 0.05) is 17.2 Å². The van der Waals surface area contributed by atoms with Crippen LogP contribution in [-0.4, -0.2) is 11.0 Å². The summed E-state index contributed by atoms with van der Waals surface area (Å²) in [5.41, 5.74) is 6.94. The third kappa shape index (κ3) is 3.73. The molecule has 0 spiro atoms. The van der Waals surface area contributed by atoms with Crippen molar-refractivity contribution in [2.24, 2.45) is 10.9 Å². The predicted molar refractivity (Wildman–Crippen MR) is 84.8 cm³/mol. The van der Waals surface area contributed by atoms with E-state index in [-0.39, 0.29) is 12.4 Å². The van der Waals surface area contributed by atoms with E-state index in [0.29, 0.717) is 26.4 Å². The maximum Gasteiger partial charge on any atom is 0.170 e. The van der Waals surface area contributed by atoms with Crippen molar-refractivity contribution in [3.63, 3.8) is 0 Å². The highest BCUT2D eigenvalue weighted by Gasteiger charge is 2.10. The number of oxime groups is 1. The van der Waals surface area contributed by atoms with Crippen molar-refractivity contribution >= 4 is 40.6 Å². The zero-order valence-corrected chi connectivity index (χ0v) is 13.0. The second-order valence-corrected chi connectivity index (χ2v) is 5.35. The molecule has 0 unspecified atom stereocenters. The molecule has 0 fully saturated rings. The molecule has 0 radical (unpaired) electrons. The van der Waals surface area contributed by atoms with Crippen molar-refractivity contribution in [3.05, 3.63) is 62.6 Å². The first-order valence-electron chi connectivity index (χ1n) is 5.86. The molecule has 0 heterocycles. The summed E-state index contributed by atoms with van der Waals surface area (Å²) in [7, 11) is 0. The number of amidine groups is 1. The molecule has 3 N–H and O–H groups in total. The molecule has 7 heteroatoms. The highest BCUT2D eigenvalue weighted by molar-refractivity contribution is 6.43. The van der Waals surface area contributed by atoms with Gasteiger partial charge in [0.2, 0.25) is 0 Å². The normalized spacial score (nSPS) is 11.5. The molecular weight excluding hydrogens is 335 g/mol. The van der Waals surface area contributed by atoms with Gasteiger partial charge in [-0.3, -0.25) is 0 Å². The number of halogens is 3. The lowest BCUT2D eigenvalue weighted by molar-refractivity contribution is 0.305. The Morgan fingerprint density at radius 1 is 1.10 bits per heavy atom. The number of hydrogen-bond acceptors (Lipinski definition) is 3. The van der Waals surface area contributed by atoms with Gasteiger partial charge in [0.05, 0.1) is 15.1 Å². The predicted octanol–water partition coefficient (Wildman–Crippen LogP) is 4.32. The van der Waals surface area contributed by atoms with Crippen LogP contribution in [0.15, 0.2) is 41.6 Å². The maximum atomic E-state index is 8.78. The van der Waals surface area contributed by atoms with E-state index in [1.54, 1.807) is 24.3 Å². The number of benzene rings is 2. The first-order valence-corrected chi connectivity index (χ1v) is 6.99.